The molecule has 1 aliphatic heterocycles. The molecule has 2 aliphatic rings. The number of carbonyl (C=O) groups is 1. The van der Waals surface area contributed by atoms with Gasteiger partial charge in [-0.25, -0.2) is 0 Å². The molecule has 0 aromatic heterocycles. The Kier molecular flexibility index (Phi) is 3.36. The highest BCUT2D eigenvalue weighted by atomic mass is 16.7. The summed E-state index contributed by atoms with van der Waals surface area (Å²) in [6.45, 7) is 7.68. The van der Waals surface area contributed by atoms with Gasteiger partial charge in [-0.2, -0.15) is 0 Å². The minimum absolute atomic E-state index is 0.153. The Balaban J connectivity index is 1.99. The van der Waals surface area contributed by atoms with Crippen molar-refractivity contribution in [2.45, 2.75) is 46.3 Å². The lowest BCUT2D eigenvalue weighted by Gasteiger charge is -2.26. The molecule has 0 bridgehead atoms. The number of carbonyl (C=O) groups excluding carboxylic acids is 1. The van der Waals surface area contributed by atoms with Crippen molar-refractivity contribution in [3.63, 3.8) is 0 Å². The molecule has 0 radical (unpaired) electrons. The zero-order valence-corrected chi connectivity index (χ0v) is 10.5. The highest BCUT2D eigenvalue weighted by Crippen LogP contribution is 2.44. The number of hydrogen-bond acceptors (Lipinski definition) is 3. The summed E-state index contributed by atoms with van der Waals surface area (Å²) in [5.74, 6) is 1.12. The van der Waals surface area contributed by atoms with Crippen LogP contribution < -0.4 is 0 Å². The number of Topliss-reactive ketones (excluding diaryl/α,β-unsaturated/α-hetero) is 1. The molecule has 2 atom stereocenters. The fraction of sp³-hybridized carbons (Fsp3) is 0.923. The highest BCUT2D eigenvalue weighted by Gasteiger charge is 2.46. The van der Waals surface area contributed by atoms with Gasteiger partial charge in [0.05, 0.1) is 13.2 Å². The molecule has 0 spiro atoms. The van der Waals surface area contributed by atoms with E-state index in [9.17, 15) is 4.79 Å². The van der Waals surface area contributed by atoms with E-state index < -0.39 is 0 Å². The molecule has 3 heteroatoms. The summed E-state index contributed by atoms with van der Waals surface area (Å²) >= 11 is 0. The summed E-state index contributed by atoms with van der Waals surface area (Å²) < 4.78 is 10.9. The summed E-state index contributed by atoms with van der Waals surface area (Å²) in [6.07, 6.45) is 2.59. The van der Waals surface area contributed by atoms with Gasteiger partial charge in [0, 0.05) is 17.8 Å². The van der Waals surface area contributed by atoms with Crippen LogP contribution in [-0.2, 0) is 14.3 Å². The Bertz CT molecular complexity index is 268. The van der Waals surface area contributed by atoms with Crippen LogP contribution in [0.25, 0.3) is 0 Å². The topological polar surface area (TPSA) is 35.5 Å². The largest absolute Gasteiger partial charge is 0.350 e. The van der Waals surface area contributed by atoms with E-state index in [1.54, 1.807) is 0 Å². The third-order valence-corrected chi connectivity index (χ3v) is 4.05. The first-order valence-corrected chi connectivity index (χ1v) is 6.30. The fourth-order valence-corrected chi connectivity index (χ4v) is 2.91. The van der Waals surface area contributed by atoms with Crippen LogP contribution in [0.1, 0.15) is 40.0 Å². The maximum Gasteiger partial charge on any atom is 0.158 e. The Morgan fingerprint density at radius 3 is 2.50 bits per heavy atom. The SMILES string of the molecule is CC(C)[C@@H]1CC[C@@](C)(CC2OCCO2)C1=O. The molecule has 0 aromatic carbocycles. The summed E-state index contributed by atoms with van der Waals surface area (Å²) in [4.78, 5) is 12.3. The van der Waals surface area contributed by atoms with Gasteiger partial charge in [0.2, 0.25) is 0 Å². The third kappa shape index (κ3) is 2.16. The maximum atomic E-state index is 12.3. The summed E-state index contributed by atoms with van der Waals surface area (Å²) in [5.41, 5.74) is -0.218. The van der Waals surface area contributed by atoms with Crippen molar-refractivity contribution in [1.29, 1.82) is 0 Å². The molecule has 1 aliphatic carbocycles. The van der Waals surface area contributed by atoms with E-state index >= 15 is 0 Å². The van der Waals surface area contributed by atoms with E-state index in [0.717, 1.165) is 19.3 Å². The second kappa shape index (κ2) is 4.46. The molecule has 2 rings (SSSR count). The minimum atomic E-state index is -0.218. The molecular weight excluding hydrogens is 204 g/mol. The van der Waals surface area contributed by atoms with Crippen LogP contribution in [-0.4, -0.2) is 25.3 Å². The van der Waals surface area contributed by atoms with Gasteiger partial charge in [0.1, 0.15) is 5.78 Å². The van der Waals surface area contributed by atoms with E-state index in [0.29, 0.717) is 24.9 Å². The first-order valence-electron chi connectivity index (χ1n) is 6.30. The van der Waals surface area contributed by atoms with Crippen molar-refractivity contribution >= 4 is 5.78 Å². The molecule has 16 heavy (non-hydrogen) atoms. The van der Waals surface area contributed by atoms with E-state index in [1.807, 2.05) is 0 Å². The van der Waals surface area contributed by atoms with Crippen LogP contribution in [0, 0.1) is 17.3 Å². The molecule has 0 N–H and O–H groups in total. The van der Waals surface area contributed by atoms with Crippen molar-refractivity contribution < 1.29 is 14.3 Å². The van der Waals surface area contributed by atoms with Gasteiger partial charge in [-0.05, 0) is 18.8 Å². The van der Waals surface area contributed by atoms with Crippen LogP contribution in [0.15, 0.2) is 0 Å². The fourth-order valence-electron chi connectivity index (χ4n) is 2.91. The standard InChI is InChI=1S/C13H22O3/c1-9(2)10-4-5-13(3,12(10)14)8-11-15-6-7-16-11/h9-11H,4-8H2,1-3H3/t10-,13-/m0/s1. The van der Waals surface area contributed by atoms with E-state index in [1.165, 1.54) is 0 Å². The molecule has 2 fully saturated rings. The molecule has 0 amide bonds. The van der Waals surface area contributed by atoms with E-state index in [2.05, 4.69) is 20.8 Å². The van der Waals surface area contributed by atoms with Gasteiger partial charge in [0.25, 0.3) is 0 Å². The lowest BCUT2D eigenvalue weighted by atomic mass is 9.81. The zero-order valence-electron chi connectivity index (χ0n) is 10.5. The van der Waals surface area contributed by atoms with Gasteiger partial charge < -0.3 is 9.47 Å². The number of ether oxygens (including phenoxy) is 2. The number of hydrogen-bond donors (Lipinski definition) is 0. The molecule has 92 valence electrons. The van der Waals surface area contributed by atoms with Gasteiger partial charge in [0.15, 0.2) is 6.29 Å². The van der Waals surface area contributed by atoms with Crippen LogP contribution in [0.3, 0.4) is 0 Å². The van der Waals surface area contributed by atoms with Crippen LogP contribution in [0.4, 0.5) is 0 Å². The molecule has 0 aromatic rings. The van der Waals surface area contributed by atoms with Gasteiger partial charge in [-0.1, -0.05) is 20.8 Å². The monoisotopic (exact) mass is 226 g/mol. The Morgan fingerprint density at radius 1 is 1.38 bits per heavy atom. The lowest BCUT2D eigenvalue weighted by Crippen LogP contribution is -2.31. The normalized spacial score (nSPS) is 36.5. The summed E-state index contributed by atoms with van der Waals surface area (Å²) in [7, 11) is 0. The quantitative estimate of drug-likeness (QED) is 0.741. The highest BCUT2D eigenvalue weighted by molar-refractivity contribution is 5.88. The molecule has 1 saturated carbocycles. The van der Waals surface area contributed by atoms with Crippen molar-refractivity contribution in [1.82, 2.24) is 0 Å². The predicted molar refractivity (Wildman–Crippen MR) is 61.0 cm³/mol. The van der Waals surface area contributed by atoms with E-state index in [-0.39, 0.29) is 17.6 Å². The molecule has 3 nitrogen and oxygen atoms in total. The van der Waals surface area contributed by atoms with Crippen molar-refractivity contribution in [2.24, 2.45) is 17.3 Å². The second-order valence-electron chi connectivity index (χ2n) is 5.69. The van der Waals surface area contributed by atoms with Gasteiger partial charge >= 0.3 is 0 Å². The lowest BCUT2D eigenvalue weighted by molar-refractivity contribution is -0.135. The molecule has 1 heterocycles. The van der Waals surface area contributed by atoms with E-state index in [4.69, 9.17) is 9.47 Å². The third-order valence-electron chi connectivity index (χ3n) is 4.05. The average Bonchev–Trinajstić information content (AvgIpc) is 2.78. The first kappa shape index (κ1) is 12.1. The molecule has 1 saturated heterocycles. The smallest absolute Gasteiger partial charge is 0.158 e. The minimum Gasteiger partial charge on any atom is -0.350 e. The summed E-state index contributed by atoms with van der Waals surface area (Å²) in [5, 5.41) is 0. The predicted octanol–water partition coefficient (Wildman–Crippen LogP) is 2.39. The van der Waals surface area contributed by atoms with Gasteiger partial charge in [-0.15, -0.1) is 0 Å². The summed E-state index contributed by atoms with van der Waals surface area (Å²) in [6, 6.07) is 0. The Hall–Kier alpha value is -0.410. The van der Waals surface area contributed by atoms with Crippen molar-refractivity contribution in [3.05, 3.63) is 0 Å². The van der Waals surface area contributed by atoms with Crippen molar-refractivity contribution in [2.75, 3.05) is 13.2 Å². The number of rotatable bonds is 3. The van der Waals surface area contributed by atoms with Crippen molar-refractivity contribution in [3.8, 4) is 0 Å². The van der Waals surface area contributed by atoms with Crippen LogP contribution >= 0.6 is 0 Å². The number of ketones is 1. The molecule has 0 unspecified atom stereocenters. The second-order valence-corrected chi connectivity index (χ2v) is 5.69. The Labute approximate surface area is 97.5 Å². The van der Waals surface area contributed by atoms with Crippen LogP contribution in [0.2, 0.25) is 0 Å². The maximum absolute atomic E-state index is 12.3. The van der Waals surface area contributed by atoms with Crippen LogP contribution in [0.5, 0.6) is 0 Å². The molecular formula is C13H22O3. The average molecular weight is 226 g/mol. The first-order chi connectivity index (χ1) is 7.53. The zero-order chi connectivity index (χ0) is 11.8. The Morgan fingerprint density at radius 2 is 2.00 bits per heavy atom. The van der Waals surface area contributed by atoms with Gasteiger partial charge in [-0.3, -0.25) is 4.79 Å².